The largest absolute Gasteiger partial charge is 0.315 e. The molecule has 1 fully saturated rings. The fourth-order valence-electron chi connectivity index (χ4n) is 1.68. The Hall–Kier alpha value is -0.610. The highest BCUT2D eigenvalue weighted by molar-refractivity contribution is 9.10. The Morgan fingerprint density at radius 1 is 1.44 bits per heavy atom. The molecular formula is C12H17BrN2O. The number of aromatic nitrogens is 1. The summed E-state index contributed by atoms with van der Waals surface area (Å²) in [7, 11) is 0. The Morgan fingerprint density at radius 3 is 3.00 bits per heavy atom. The molecule has 1 heterocycles. The molecule has 0 unspecified atom stereocenters. The summed E-state index contributed by atoms with van der Waals surface area (Å²) in [5.74, 6) is 0. The van der Waals surface area contributed by atoms with Crippen molar-refractivity contribution in [2.45, 2.75) is 38.3 Å². The van der Waals surface area contributed by atoms with Crippen molar-refractivity contribution >= 4 is 15.9 Å². The lowest BCUT2D eigenvalue weighted by atomic mass is 10.3. The third-order valence-electron chi connectivity index (χ3n) is 2.81. The van der Waals surface area contributed by atoms with Crippen molar-refractivity contribution in [1.82, 2.24) is 9.88 Å². The predicted octanol–water partition coefficient (Wildman–Crippen LogP) is 2.14. The number of halogens is 1. The molecule has 1 aliphatic rings. The van der Waals surface area contributed by atoms with Crippen molar-refractivity contribution in [1.29, 1.82) is 0 Å². The minimum atomic E-state index is 0.0673. The summed E-state index contributed by atoms with van der Waals surface area (Å²) in [4.78, 5) is 11.7. The maximum atomic E-state index is 11.7. The number of pyridine rings is 1. The molecule has 0 amide bonds. The summed E-state index contributed by atoms with van der Waals surface area (Å²) >= 11 is 3.25. The first-order chi connectivity index (χ1) is 7.77. The zero-order valence-electron chi connectivity index (χ0n) is 9.29. The van der Waals surface area contributed by atoms with Crippen LogP contribution in [-0.4, -0.2) is 17.2 Å². The number of hydrogen-bond acceptors (Lipinski definition) is 2. The molecule has 1 N–H and O–H groups in total. The van der Waals surface area contributed by atoms with Crippen LogP contribution in [0.2, 0.25) is 0 Å². The molecule has 88 valence electrons. The van der Waals surface area contributed by atoms with Crippen LogP contribution in [0.25, 0.3) is 0 Å². The monoisotopic (exact) mass is 284 g/mol. The number of nitrogens with one attached hydrogen (secondary N) is 1. The number of nitrogens with zero attached hydrogens (tertiary/aromatic N) is 1. The van der Waals surface area contributed by atoms with Gasteiger partial charge in [0.15, 0.2) is 0 Å². The van der Waals surface area contributed by atoms with Gasteiger partial charge in [0.2, 0.25) is 0 Å². The first-order valence-corrected chi connectivity index (χ1v) is 6.65. The molecule has 0 spiro atoms. The molecule has 2 rings (SSSR count). The van der Waals surface area contributed by atoms with E-state index in [1.165, 1.54) is 12.8 Å². The fraction of sp³-hybridized carbons (Fsp3) is 0.583. The maximum Gasteiger partial charge on any atom is 0.264 e. The molecular weight excluding hydrogens is 268 g/mol. The van der Waals surface area contributed by atoms with E-state index in [1.807, 2.05) is 12.3 Å². The Labute approximate surface area is 104 Å². The van der Waals surface area contributed by atoms with Gasteiger partial charge in [0.1, 0.15) is 0 Å². The van der Waals surface area contributed by atoms with E-state index in [0.717, 1.165) is 32.0 Å². The molecule has 1 aromatic heterocycles. The van der Waals surface area contributed by atoms with Crippen molar-refractivity contribution in [3.63, 3.8) is 0 Å². The molecule has 0 saturated heterocycles. The molecule has 0 atom stereocenters. The Morgan fingerprint density at radius 2 is 2.25 bits per heavy atom. The SMILES string of the molecule is O=c1c(Br)cccn1CCCCNC1CC1. The Balaban J connectivity index is 1.71. The molecule has 0 bridgehead atoms. The minimum Gasteiger partial charge on any atom is -0.315 e. The van der Waals surface area contributed by atoms with Gasteiger partial charge in [-0.3, -0.25) is 4.79 Å². The molecule has 4 heteroatoms. The van der Waals surface area contributed by atoms with Crippen LogP contribution in [0, 0.1) is 0 Å². The summed E-state index contributed by atoms with van der Waals surface area (Å²) in [5.41, 5.74) is 0.0673. The summed E-state index contributed by atoms with van der Waals surface area (Å²) in [6, 6.07) is 4.47. The van der Waals surface area contributed by atoms with E-state index in [0.29, 0.717) is 4.47 Å². The van der Waals surface area contributed by atoms with Crippen molar-refractivity contribution < 1.29 is 0 Å². The number of rotatable bonds is 6. The number of aryl methyl sites for hydroxylation is 1. The highest BCUT2D eigenvalue weighted by atomic mass is 79.9. The van der Waals surface area contributed by atoms with E-state index < -0.39 is 0 Å². The smallest absolute Gasteiger partial charge is 0.264 e. The first kappa shape index (κ1) is 11.9. The van der Waals surface area contributed by atoms with Gasteiger partial charge in [-0.05, 0) is 60.3 Å². The second kappa shape index (κ2) is 5.64. The average Bonchev–Trinajstić information content (AvgIpc) is 3.07. The second-order valence-corrected chi connectivity index (χ2v) is 5.14. The van der Waals surface area contributed by atoms with Crippen LogP contribution in [0.5, 0.6) is 0 Å². The number of unbranched alkanes of at least 4 members (excludes halogenated alkanes) is 1. The van der Waals surface area contributed by atoms with Crippen molar-refractivity contribution in [3.8, 4) is 0 Å². The van der Waals surface area contributed by atoms with E-state index >= 15 is 0 Å². The third kappa shape index (κ3) is 3.46. The lowest BCUT2D eigenvalue weighted by molar-refractivity contribution is 0.557. The maximum absolute atomic E-state index is 11.7. The summed E-state index contributed by atoms with van der Waals surface area (Å²) in [6.07, 6.45) is 6.71. The van der Waals surface area contributed by atoms with Gasteiger partial charge in [0, 0.05) is 18.8 Å². The summed E-state index contributed by atoms with van der Waals surface area (Å²) in [5, 5.41) is 3.47. The Kier molecular flexibility index (Phi) is 4.18. The molecule has 0 aromatic carbocycles. The van der Waals surface area contributed by atoms with Gasteiger partial charge in [-0.2, -0.15) is 0 Å². The van der Waals surface area contributed by atoms with E-state index in [9.17, 15) is 4.79 Å². The quantitative estimate of drug-likeness (QED) is 0.813. The van der Waals surface area contributed by atoms with Crippen LogP contribution in [0.3, 0.4) is 0 Å². The van der Waals surface area contributed by atoms with Crippen molar-refractivity contribution in [3.05, 3.63) is 33.2 Å². The van der Waals surface area contributed by atoms with Crippen molar-refractivity contribution in [2.75, 3.05) is 6.54 Å². The molecule has 0 aliphatic heterocycles. The highest BCUT2D eigenvalue weighted by Gasteiger charge is 2.19. The van der Waals surface area contributed by atoms with E-state index in [4.69, 9.17) is 0 Å². The van der Waals surface area contributed by atoms with Crippen LogP contribution >= 0.6 is 15.9 Å². The van der Waals surface area contributed by atoms with Gasteiger partial charge < -0.3 is 9.88 Å². The van der Waals surface area contributed by atoms with Gasteiger partial charge in [-0.15, -0.1) is 0 Å². The van der Waals surface area contributed by atoms with Crippen molar-refractivity contribution in [2.24, 2.45) is 0 Å². The topological polar surface area (TPSA) is 34.0 Å². The second-order valence-electron chi connectivity index (χ2n) is 4.29. The van der Waals surface area contributed by atoms with Gasteiger partial charge in [0.25, 0.3) is 5.56 Å². The van der Waals surface area contributed by atoms with Crippen LogP contribution in [0.1, 0.15) is 25.7 Å². The first-order valence-electron chi connectivity index (χ1n) is 5.86. The minimum absolute atomic E-state index is 0.0673. The lowest BCUT2D eigenvalue weighted by Gasteiger charge is -2.06. The van der Waals surface area contributed by atoms with E-state index in [-0.39, 0.29) is 5.56 Å². The standard InChI is InChI=1S/C12H17BrN2O/c13-11-4-3-9-15(12(11)16)8-2-1-7-14-10-5-6-10/h3-4,9-10,14H,1-2,5-8H2. The number of hydrogen-bond donors (Lipinski definition) is 1. The van der Waals surface area contributed by atoms with E-state index in [2.05, 4.69) is 21.2 Å². The van der Waals surface area contributed by atoms with Gasteiger partial charge in [-0.1, -0.05) is 0 Å². The summed E-state index contributed by atoms with van der Waals surface area (Å²) in [6.45, 7) is 1.89. The zero-order chi connectivity index (χ0) is 11.4. The average molecular weight is 285 g/mol. The van der Waals surface area contributed by atoms with Crippen LogP contribution in [0.4, 0.5) is 0 Å². The lowest BCUT2D eigenvalue weighted by Crippen LogP contribution is -2.21. The van der Waals surface area contributed by atoms with Gasteiger partial charge in [-0.25, -0.2) is 0 Å². The van der Waals surface area contributed by atoms with E-state index in [1.54, 1.807) is 10.6 Å². The zero-order valence-corrected chi connectivity index (χ0v) is 10.9. The molecule has 3 nitrogen and oxygen atoms in total. The van der Waals surface area contributed by atoms with Crippen LogP contribution < -0.4 is 10.9 Å². The molecule has 0 radical (unpaired) electrons. The third-order valence-corrected chi connectivity index (χ3v) is 3.41. The predicted molar refractivity (Wildman–Crippen MR) is 68.7 cm³/mol. The fourth-order valence-corrected chi connectivity index (χ4v) is 2.06. The van der Waals surface area contributed by atoms with Crippen LogP contribution in [-0.2, 0) is 6.54 Å². The Bertz CT molecular complexity index is 398. The van der Waals surface area contributed by atoms with Gasteiger partial charge in [0.05, 0.1) is 4.47 Å². The molecule has 1 aliphatic carbocycles. The summed E-state index contributed by atoms with van der Waals surface area (Å²) < 4.78 is 2.41. The molecule has 1 saturated carbocycles. The highest BCUT2D eigenvalue weighted by Crippen LogP contribution is 2.18. The van der Waals surface area contributed by atoms with Crippen LogP contribution in [0.15, 0.2) is 27.6 Å². The molecule has 1 aromatic rings. The van der Waals surface area contributed by atoms with Gasteiger partial charge >= 0.3 is 0 Å². The molecule has 16 heavy (non-hydrogen) atoms. The normalized spacial score (nSPS) is 15.3.